The van der Waals surface area contributed by atoms with Crippen molar-refractivity contribution in [3.63, 3.8) is 0 Å². The molecule has 1 heterocycles. The van der Waals surface area contributed by atoms with Crippen molar-refractivity contribution in [2.45, 2.75) is 10.6 Å². The molecule has 0 fully saturated rings. The van der Waals surface area contributed by atoms with Crippen molar-refractivity contribution < 1.29 is 22.7 Å². The molecule has 0 aliphatic heterocycles. The van der Waals surface area contributed by atoms with E-state index in [1.807, 2.05) is 0 Å². The van der Waals surface area contributed by atoms with Crippen molar-refractivity contribution in [2.24, 2.45) is 0 Å². The molecular weight excluding hydrogens is 258 g/mol. The van der Waals surface area contributed by atoms with Gasteiger partial charge < -0.3 is 9.52 Å². The van der Waals surface area contributed by atoms with E-state index in [1.54, 1.807) is 18.2 Å². The molecule has 18 heavy (non-hydrogen) atoms. The highest BCUT2D eigenvalue weighted by atomic mass is 32.2. The van der Waals surface area contributed by atoms with Gasteiger partial charge >= 0.3 is 5.97 Å². The Kier molecular flexibility index (Phi) is 3.15. The Bertz CT molecular complexity index is 660. The first-order valence-corrected chi connectivity index (χ1v) is 6.60. The van der Waals surface area contributed by atoms with E-state index in [-0.39, 0.29) is 16.5 Å². The zero-order valence-electron chi connectivity index (χ0n) is 9.11. The summed E-state index contributed by atoms with van der Waals surface area (Å²) in [6.07, 6.45) is 0.915. The third-order valence-corrected chi connectivity index (χ3v) is 3.80. The SMILES string of the molecule is O=C(O)c1coc(CS(=O)(=O)c2ccccc2)n1. The van der Waals surface area contributed by atoms with Gasteiger partial charge in [-0.15, -0.1) is 0 Å². The fourth-order valence-electron chi connectivity index (χ4n) is 1.35. The maximum absolute atomic E-state index is 11.9. The quantitative estimate of drug-likeness (QED) is 0.897. The number of nitrogens with zero attached hydrogens (tertiary/aromatic N) is 1. The standard InChI is InChI=1S/C11H9NO5S/c13-11(14)9-6-17-10(12-9)7-18(15,16)8-4-2-1-3-5-8/h1-6H,7H2,(H,13,14). The van der Waals surface area contributed by atoms with Gasteiger partial charge in [0.15, 0.2) is 15.5 Å². The second kappa shape index (κ2) is 4.61. The first kappa shape index (κ1) is 12.3. The fourth-order valence-corrected chi connectivity index (χ4v) is 2.55. The Balaban J connectivity index is 2.25. The van der Waals surface area contributed by atoms with E-state index in [0.717, 1.165) is 6.26 Å². The lowest BCUT2D eigenvalue weighted by Crippen LogP contribution is -2.05. The fraction of sp³-hybridized carbons (Fsp3) is 0.0909. The molecule has 0 saturated carbocycles. The monoisotopic (exact) mass is 267 g/mol. The topological polar surface area (TPSA) is 97.5 Å². The van der Waals surface area contributed by atoms with E-state index >= 15 is 0 Å². The number of carboxylic acids is 1. The van der Waals surface area contributed by atoms with E-state index in [0.29, 0.717) is 0 Å². The summed E-state index contributed by atoms with van der Waals surface area (Å²) >= 11 is 0. The van der Waals surface area contributed by atoms with Gasteiger partial charge in [-0.1, -0.05) is 18.2 Å². The van der Waals surface area contributed by atoms with Crippen LogP contribution in [0.15, 0.2) is 45.9 Å². The largest absolute Gasteiger partial charge is 0.476 e. The third kappa shape index (κ3) is 2.57. The van der Waals surface area contributed by atoms with Gasteiger partial charge in [-0.25, -0.2) is 18.2 Å². The average molecular weight is 267 g/mol. The molecule has 0 aliphatic carbocycles. The number of hydrogen-bond donors (Lipinski definition) is 1. The van der Waals surface area contributed by atoms with Gasteiger partial charge in [0.1, 0.15) is 12.0 Å². The zero-order valence-corrected chi connectivity index (χ0v) is 9.92. The highest BCUT2D eigenvalue weighted by Gasteiger charge is 2.19. The number of aromatic carboxylic acids is 1. The summed E-state index contributed by atoms with van der Waals surface area (Å²) in [5.41, 5.74) is -0.312. The van der Waals surface area contributed by atoms with Crippen LogP contribution in [-0.2, 0) is 15.6 Å². The molecule has 1 aromatic carbocycles. The molecule has 0 radical (unpaired) electrons. The van der Waals surface area contributed by atoms with Crippen LogP contribution < -0.4 is 0 Å². The van der Waals surface area contributed by atoms with Crippen LogP contribution >= 0.6 is 0 Å². The summed E-state index contributed by atoms with van der Waals surface area (Å²) in [5.74, 6) is -1.87. The van der Waals surface area contributed by atoms with Crippen LogP contribution in [0.4, 0.5) is 0 Å². The molecule has 2 rings (SSSR count). The van der Waals surface area contributed by atoms with Crippen LogP contribution in [0.2, 0.25) is 0 Å². The highest BCUT2D eigenvalue weighted by Crippen LogP contribution is 2.15. The Labute approximate surface area is 103 Å². The normalized spacial score (nSPS) is 11.3. The van der Waals surface area contributed by atoms with Crippen molar-refractivity contribution in [1.82, 2.24) is 4.98 Å². The van der Waals surface area contributed by atoms with Crippen LogP contribution in [0.25, 0.3) is 0 Å². The molecule has 2 aromatic rings. The molecule has 1 N–H and O–H groups in total. The van der Waals surface area contributed by atoms with Crippen molar-refractivity contribution >= 4 is 15.8 Å². The van der Waals surface area contributed by atoms with Crippen molar-refractivity contribution in [2.75, 3.05) is 0 Å². The lowest BCUT2D eigenvalue weighted by atomic mass is 10.4. The second-order valence-electron chi connectivity index (χ2n) is 3.50. The summed E-state index contributed by atoms with van der Waals surface area (Å²) in [5, 5.41) is 8.64. The summed E-state index contributed by atoms with van der Waals surface area (Å²) in [4.78, 5) is 14.3. The molecule has 0 spiro atoms. The maximum atomic E-state index is 11.9. The molecule has 0 unspecified atom stereocenters. The van der Waals surface area contributed by atoms with Crippen LogP contribution in [0.3, 0.4) is 0 Å². The number of carbonyl (C=O) groups is 1. The summed E-state index contributed by atoms with van der Waals surface area (Å²) in [6.45, 7) is 0. The predicted octanol–water partition coefficient (Wildman–Crippen LogP) is 1.35. The molecule has 94 valence electrons. The lowest BCUT2D eigenvalue weighted by molar-refractivity contribution is 0.0690. The number of benzene rings is 1. The van der Waals surface area contributed by atoms with Crippen molar-refractivity contribution in [3.8, 4) is 0 Å². The number of sulfone groups is 1. The Morgan fingerprint density at radius 2 is 1.94 bits per heavy atom. The van der Waals surface area contributed by atoms with E-state index in [4.69, 9.17) is 9.52 Å². The van der Waals surface area contributed by atoms with Gasteiger partial charge in [0.05, 0.1) is 4.90 Å². The number of oxazole rings is 1. The van der Waals surface area contributed by atoms with Crippen molar-refractivity contribution in [3.05, 3.63) is 48.2 Å². The van der Waals surface area contributed by atoms with Gasteiger partial charge in [0.25, 0.3) is 0 Å². The highest BCUT2D eigenvalue weighted by molar-refractivity contribution is 7.90. The maximum Gasteiger partial charge on any atom is 0.357 e. The molecule has 6 nitrogen and oxygen atoms in total. The lowest BCUT2D eigenvalue weighted by Gasteiger charge is -2.00. The minimum Gasteiger partial charge on any atom is -0.476 e. The number of carboxylic acid groups (broad SMARTS) is 1. The predicted molar refractivity (Wildman–Crippen MR) is 60.8 cm³/mol. The van der Waals surface area contributed by atoms with Gasteiger partial charge in [0.2, 0.25) is 5.89 Å². The minimum atomic E-state index is -3.57. The molecule has 7 heteroatoms. The summed E-state index contributed by atoms with van der Waals surface area (Å²) in [7, 11) is -3.57. The summed E-state index contributed by atoms with van der Waals surface area (Å²) in [6, 6.07) is 7.82. The van der Waals surface area contributed by atoms with E-state index in [2.05, 4.69) is 4.98 Å². The zero-order chi connectivity index (χ0) is 13.2. The Morgan fingerprint density at radius 3 is 2.50 bits per heavy atom. The minimum absolute atomic E-state index is 0.139. The smallest absolute Gasteiger partial charge is 0.357 e. The van der Waals surface area contributed by atoms with Crippen molar-refractivity contribution in [1.29, 1.82) is 0 Å². The van der Waals surface area contributed by atoms with E-state index in [1.165, 1.54) is 12.1 Å². The van der Waals surface area contributed by atoms with E-state index in [9.17, 15) is 13.2 Å². The molecule has 0 saturated heterocycles. The third-order valence-electron chi connectivity index (χ3n) is 2.19. The molecule has 0 aliphatic rings. The first-order valence-electron chi connectivity index (χ1n) is 4.94. The van der Waals surface area contributed by atoms with Gasteiger partial charge in [-0.05, 0) is 12.1 Å². The molecular formula is C11H9NO5S. The molecule has 0 amide bonds. The van der Waals surface area contributed by atoms with Crippen LogP contribution in [0.5, 0.6) is 0 Å². The molecule has 0 bridgehead atoms. The molecule has 1 aromatic heterocycles. The second-order valence-corrected chi connectivity index (χ2v) is 5.49. The van der Waals surface area contributed by atoms with Crippen LogP contribution in [0, 0.1) is 0 Å². The van der Waals surface area contributed by atoms with E-state index < -0.39 is 21.6 Å². The summed E-state index contributed by atoms with van der Waals surface area (Å²) < 4.78 is 28.7. The number of aromatic nitrogens is 1. The van der Waals surface area contributed by atoms with Crippen LogP contribution in [-0.4, -0.2) is 24.5 Å². The van der Waals surface area contributed by atoms with Gasteiger partial charge in [0, 0.05) is 0 Å². The number of hydrogen-bond acceptors (Lipinski definition) is 5. The van der Waals surface area contributed by atoms with Crippen LogP contribution in [0.1, 0.15) is 16.4 Å². The average Bonchev–Trinajstić information content (AvgIpc) is 2.78. The first-order chi connectivity index (χ1) is 8.49. The Morgan fingerprint density at radius 1 is 1.28 bits per heavy atom. The molecule has 0 atom stereocenters. The Hall–Kier alpha value is -2.15. The number of rotatable bonds is 4. The van der Waals surface area contributed by atoms with Gasteiger partial charge in [-0.3, -0.25) is 0 Å². The van der Waals surface area contributed by atoms with Gasteiger partial charge in [-0.2, -0.15) is 0 Å².